The van der Waals surface area contributed by atoms with Crippen molar-refractivity contribution in [1.29, 1.82) is 0 Å². The zero-order chi connectivity index (χ0) is 11.8. The van der Waals surface area contributed by atoms with Crippen LogP contribution in [0.5, 0.6) is 0 Å². The fraction of sp³-hybridized carbons (Fsp3) is 1.00. The molecule has 0 spiro atoms. The lowest BCUT2D eigenvalue weighted by Gasteiger charge is -2.33. The van der Waals surface area contributed by atoms with E-state index >= 15 is 0 Å². The van der Waals surface area contributed by atoms with Gasteiger partial charge in [-0.05, 0) is 19.5 Å². The third-order valence-electron chi connectivity index (χ3n) is 3.59. The average Bonchev–Trinajstić information content (AvgIpc) is 2.77. The number of aliphatic hydroxyl groups excluding tert-OH is 1. The summed E-state index contributed by atoms with van der Waals surface area (Å²) in [6.07, 6.45) is 0.322. The van der Waals surface area contributed by atoms with Gasteiger partial charge in [0.25, 0.3) is 0 Å². The smallest absolute Gasteiger partial charge is 0.154 e. The van der Waals surface area contributed by atoms with Gasteiger partial charge in [-0.3, -0.25) is 4.90 Å². The number of likely N-dealkylation sites (N-methyl/N-ethyl adjacent to an activating group) is 1. The maximum atomic E-state index is 11.5. The van der Waals surface area contributed by atoms with E-state index in [0.29, 0.717) is 6.04 Å². The second kappa shape index (κ2) is 4.60. The first kappa shape index (κ1) is 12.3. The molecular weight excluding hydrogens is 228 g/mol. The van der Waals surface area contributed by atoms with Gasteiger partial charge in [-0.1, -0.05) is 6.92 Å². The predicted octanol–water partition coefficient (Wildman–Crippen LogP) is -1.17. The minimum absolute atomic E-state index is 0.0751. The van der Waals surface area contributed by atoms with Crippen molar-refractivity contribution in [2.75, 3.05) is 31.1 Å². The maximum Gasteiger partial charge on any atom is 0.154 e. The molecule has 0 aliphatic carbocycles. The molecule has 0 aromatic carbocycles. The highest BCUT2D eigenvalue weighted by atomic mass is 32.2. The molecule has 0 bridgehead atoms. The van der Waals surface area contributed by atoms with Gasteiger partial charge in [0.2, 0.25) is 0 Å². The first-order valence-electron chi connectivity index (χ1n) is 5.88. The molecule has 6 heteroatoms. The van der Waals surface area contributed by atoms with Gasteiger partial charge in [0.15, 0.2) is 9.84 Å². The highest BCUT2D eigenvalue weighted by molar-refractivity contribution is 7.91. The van der Waals surface area contributed by atoms with Gasteiger partial charge >= 0.3 is 0 Å². The summed E-state index contributed by atoms with van der Waals surface area (Å²) in [4.78, 5) is 2.15. The summed E-state index contributed by atoms with van der Waals surface area (Å²) < 4.78 is 23.0. The van der Waals surface area contributed by atoms with Crippen molar-refractivity contribution in [1.82, 2.24) is 10.2 Å². The Morgan fingerprint density at radius 2 is 2.19 bits per heavy atom. The van der Waals surface area contributed by atoms with Gasteiger partial charge in [0.05, 0.1) is 23.7 Å². The van der Waals surface area contributed by atoms with E-state index < -0.39 is 15.9 Å². The molecule has 2 N–H and O–H groups in total. The zero-order valence-corrected chi connectivity index (χ0v) is 10.4. The summed E-state index contributed by atoms with van der Waals surface area (Å²) >= 11 is 0. The van der Waals surface area contributed by atoms with E-state index in [0.717, 1.165) is 26.1 Å². The van der Waals surface area contributed by atoms with Crippen LogP contribution in [0.4, 0.5) is 0 Å². The highest BCUT2D eigenvalue weighted by Crippen LogP contribution is 2.22. The largest absolute Gasteiger partial charge is 0.390 e. The van der Waals surface area contributed by atoms with E-state index in [9.17, 15) is 13.5 Å². The molecule has 3 unspecified atom stereocenters. The van der Waals surface area contributed by atoms with Crippen LogP contribution in [0.1, 0.15) is 13.3 Å². The Balaban J connectivity index is 2.09. The molecule has 2 heterocycles. The van der Waals surface area contributed by atoms with Crippen LogP contribution >= 0.6 is 0 Å². The molecule has 0 saturated carbocycles. The van der Waals surface area contributed by atoms with E-state index in [1.807, 2.05) is 6.92 Å². The van der Waals surface area contributed by atoms with Crippen molar-refractivity contribution >= 4 is 9.84 Å². The van der Waals surface area contributed by atoms with Crippen LogP contribution in [0.15, 0.2) is 0 Å². The molecule has 0 radical (unpaired) electrons. The lowest BCUT2D eigenvalue weighted by Crippen LogP contribution is -2.49. The van der Waals surface area contributed by atoms with Crippen molar-refractivity contribution in [2.45, 2.75) is 31.5 Å². The second-order valence-electron chi connectivity index (χ2n) is 4.69. The number of hydrogen-bond acceptors (Lipinski definition) is 5. The third-order valence-corrected chi connectivity index (χ3v) is 5.29. The van der Waals surface area contributed by atoms with Gasteiger partial charge in [0, 0.05) is 12.6 Å². The summed E-state index contributed by atoms with van der Waals surface area (Å²) in [6, 6.07) is 0.165. The predicted molar refractivity (Wildman–Crippen MR) is 62.1 cm³/mol. The van der Waals surface area contributed by atoms with E-state index in [1.165, 1.54) is 0 Å². The zero-order valence-electron chi connectivity index (χ0n) is 9.59. The van der Waals surface area contributed by atoms with Crippen LogP contribution in [-0.2, 0) is 9.84 Å². The number of nitrogens with zero attached hydrogens (tertiary/aromatic N) is 1. The quantitative estimate of drug-likeness (QED) is 0.658. The standard InChI is InChI=1S/C10H20N2O3S/c1-2-12(8-3-4-11-5-8)9-6-16(14,15)7-10(9)13/h8-11,13H,2-7H2,1H3. The molecular formula is C10H20N2O3S. The lowest BCUT2D eigenvalue weighted by atomic mass is 10.1. The Bertz CT molecular complexity index is 338. The fourth-order valence-electron chi connectivity index (χ4n) is 2.81. The van der Waals surface area contributed by atoms with Crippen LogP contribution in [-0.4, -0.2) is 67.8 Å². The topological polar surface area (TPSA) is 69.6 Å². The van der Waals surface area contributed by atoms with Crippen molar-refractivity contribution < 1.29 is 13.5 Å². The molecule has 0 amide bonds. The van der Waals surface area contributed by atoms with E-state index in [2.05, 4.69) is 10.2 Å². The lowest BCUT2D eigenvalue weighted by molar-refractivity contribution is 0.0627. The molecule has 2 fully saturated rings. The van der Waals surface area contributed by atoms with E-state index in [-0.39, 0.29) is 17.5 Å². The average molecular weight is 248 g/mol. The van der Waals surface area contributed by atoms with Crippen molar-refractivity contribution in [2.24, 2.45) is 0 Å². The molecule has 94 valence electrons. The molecule has 5 nitrogen and oxygen atoms in total. The van der Waals surface area contributed by atoms with Gasteiger partial charge in [-0.2, -0.15) is 0 Å². The summed E-state index contributed by atoms with van der Waals surface area (Å²) in [5.41, 5.74) is 0. The number of sulfone groups is 1. The number of aliphatic hydroxyl groups is 1. The Labute approximate surface area is 96.7 Å². The summed E-state index contributed by atoms with van der Waals surface area (Å²) in [5.74, 6) is 0.0345. The molecule has 2 aliphatic rings. The first-order chi connectivity index (χ1) is 7.53. The van der Waals surface area contributed by atoms with Crippen LogP contribution in [0.2, 0.25) is 0 Å². The Hall–Kier alpha value is -0.170. The summed E-state index contributed by atoms with van der Waals surface area (Å²) in [7, 11) is -3.04. The van der Waals surface area contributed by atoms with Crippen LogP contribution in [0.25, 0.3) is 0 Å². The van der Waals surface area contributed by atoms with Gasteiger partial charge in [-0.25, -0.2) is 8.42 Å². The van der Waals surface area contributed by atoms with Crippen LogP contribution in [0, 0.1) is 0 Å². The Morgan fingerprint density at radius 3 is 2.62 bits per heavy atom. The number of rotatable bonds is 3. The van der Waals surface area contributed by atoms with Crippen LogP contribution in [0.3, 0.4) is 0 Å². The molecule has 0 aromatic rings. The van der Waals surface area contributed by atoms with E-state index in [4.69, 9.17) is 0 Å². The van der Waals surface area contributed by atoms with Crippen LogP contribution < -0.4 is 5.32 Å². The molecule has 16 heavy (non-hydrogen) atoms. The number of nitrogens with one attached hydrogen (secondary N) is 1. The monoisotopic (exact) mass is 248 g/mol. The SMILES string of the molecule is CCN(C1CCNC1)C1CS(=O)(=O)CC1O. The maximum absolute atomic E-state index is 11.5. The second-order valence-corrected chi connectivity index (χ2v) is 6.84. The minimum Gasteiger partial charge on any atom is -0.390 e. The number of hydrogen-bond donors (Lipinski definition) is 2. The summed E-state index contributed by atoms with van der Waals surface area (Å²) in [5, 5.41) is 13.1. The normalized spacial score (nSPS) is 38.3. The summed E-state index contributed by atoms with van der Waals surface area (Å²) in [6.45, 7) is 4.70. The molecule has 2 aliphatic heterocycles. The van der Waals surface area contributed by atoms with Gasteiger partial charge in [0.1, 0.15) is 0 Å². The van der Waals surface area contributed by atoms with Gasteiger partial charge in [-0.15, -0.1) is 0 Å². The van der Waals surface area contributed by atoms with Gasteiger partial charge < -0.3 is 10.4 Å². The van der Waals surface area contributed by atoms with Crippen molar-refractivity contribution in [3.63, 3.8) is 0 Å². The fourth-order valence-corrected chi connectivity index (χ4v) is 4.63. The van der Waals surface area contributed by atoms with Crippen molar-refractivity contribution in [3.05, 3.63) is 0 Å². The molecule has 0 aromatic heterocycles. The molecule has 3 atom stereocenters. The molecule has 2 saturated heterocycles. The van der Waals surface area contributed by atoms with E-state index in [1.54, 1.807) is 0 Å². The minimum atomic E-state index is -3.04. The molecule has 2 rings (SSSR count). The third kappa shape index (κ3) is 2.40. The first-order valence-corrected chi connectivity index (χ1v) is 7.70. The van der Waals surface area contributed by atoms with Crippen molar-refractivity contribution in [3.8, 4) is 0 Å². The Kier molecular flexibility index (Phi) is 3.53. The Morgan fingerprint density at radius 1 is 1.44 bits per heavy atom. The highest BCUT2D eigenvalue weighted by Gasteiger charge is 2.41.